The smallest absolute Gasteiger partial charge is 0.348 e. The fraction of sp³-hybridized carbons (Fsp3) is 0.143. The van der Waals surface area contributed by atoms with Crippen LogP contribution in [0.3, 0.4) is 0 Å². The fourth-order valence-corrected chi connectivity index (χ4v) is 1.42. The first-order valence-electron chi connectivity index (χ1n) is 6.17. The van der Waals surface area contributed by atoms with E-state index in [-0.39, 0.29) is 11.4 Å². The quantitative estimate of drug-likeness (QED) is 0.492. The van der Waals surface area contributed by atoms with E-state index in [2.05, 4.69) is 15.0 Å². The molecular formula is C14H12F2N4O2. The highest BCUT2D eigenvalue weighted by molar-refractivity contribution is 5.90. The van der Waals surface area contributed by atoms with Crippen LogP contribution in [0, 0.1) is 11.6 Å². The number of rotatable bonds is 4. The lowest BCUT2D eigenvalue weighted by atomic mass is 10.2. The van der Waals surface area contributed by atoms with Crippen molar-refractivity contribution in [3.05, 3.63) is 47.7 Å². The second-order valence-electron chi connectivity index (χ2n) is 4.40. The lowest BCUT2D eigenvalue weighted by Gasteiger charge is -2.05. The third-order valence-electron chi connectivity index (χ3n) is 2.39. The molecule has 0 radical (unpaired) electrons. The minimum absolute atomic E-state index is 0.270. The Balaban J connectivity index is 2.22. The highest BCUT2D eigenvalue weighted by atomic mass is 19.1. The molecule has 0 unspecified atom stereocenters. The molecule has 22 heavy (non-hydrogen) atoms. The van der Waals surface area contributed by atoms with Crippen LogP contribution in [0.4, 0.5) is 14.6 Å². The van der Waals surface area contributed by atoms with Crippen LogP contribution in [0.2, 0.25) is 0 Å². The summed E-state index contributed by atoms with van der Waals surface area (Å²) in [6.07, 6.45) is 2.15. The molecule has 2 aromatic rings. The van der Waals surface area contributed by atoms with Crippen LogP contribution in [-0.2, 0) is 0 Å². The van der Waals surface area contributed by atoms with Gasteiger partial charge in [-0.3, -0.25) is 0 Å². The number of ether oxygens (including phenoxy) is 1. The number of carbonyl (C=O) groups excluding carboxylic acids is 1. The minimum Gasteiger partial charge on any atom is -0.387 e. The number of aliphatic imine (C=N–C) groups is 1. The summed E-state index contributed by atoms with van der Waals surface area (Å²) in [4.78, 5) is 24.3. The minimum atomic E-state index is -0.979. The molecule has 1 heterocycles. The van der Waals surface area contributed by atoms with Crippen molar-refractivity contribution in [1.82, 2.24) is 14.9 Å². The molecule has 0 aliphatic heterocycles. The Bertz CT molecular complexity index is 720. The Morgan fingerprint density at radius 2 is 2.00 bits per heavy atom. The number of hydrogen-bond donors (Lipinski definition) is 0. The van der Waals surface area contributed by atoms with Gasteiger partial charge in [-0.1, -0.05) is 12.1 Å². The number of hydrogen-bond acceptors (Lipinski definition) is 5. The predicted octanol–water partition coefficient (Wildman–Crippen LogP) is 2.20. The molecule has 0 bridgehead atoms. The average molecular weight is 306 g/mol. The summed E-state index contributed by atoms with van der Waals surface area (Å²) < 4.78 is 31.8. The van der Waals surface area contributed by atoms with E-state index in [0.29, 0.717) is 0 Å². The van der Waals surface area contributed by atoms with Gasteiger partial charge in [0.05, 0.1) is 18.1 Å². The average Bonchev–Trinajstić information content (AvgIpc) is 2.48. The van der Waals surface area contributed by atoms with Crippen molar-refractivity contribution in [3.8, 4) is 6.01 Å². The van der Waals surface area contributed by atoms with E-state index in [4.69, 9.17) is 4.74 Å². The fourth-order valence-electron chi connectivity index (χ4n) is 1.42. The van der Waals surface area contributed by atoms with Crippen molar-refractivity contribution in [3.63, 3.8) is 0 Å². The standard InChI is InChI=1S/C14H12F2N4O2/c1-20(2)8-18-12-11(16)7-17-14(19-12)22-13(21)9-5-3-4-6-10(9)15/h3-8H,1-2H3/b18-8+. The Labute approximate surface area is 125 Å². The van der Waals surface area contributed by atoms with E-state index >= 15 is 0 Å². The van der Waals surface area contributed by atoms with Crippen molar-refractivity contribution < 1.29 is 18.3 Å². The predicted molar refractivity (Wildman–Crippen MR) is 75.2 cm³/mol. The lowest BCUT2D eigenvalue weighted by Crippen LogP contribution is -2.12. The lowest BCUT2D eigenvalue weighted by molar-refractivity contribution is 0.0714. The highest BCUT2D eigenvalue weighted by Gasteiger charge is 2.16. The first kappa shape index (κ1) is 15.5. The molecule has 8 heteroatoms. The number of nitrogens with zero attached hydrogens (tertiary/aromatic N) is 4. The molecule has 2 rings (SSSR count). The summed E-state index contributed by atoms with van der Waals surface area (Å²) >= 11 is 0. The summed E-state index contributed by atoms with van der Waals surface area (Å²) in [5, 5.41) is 0. The second kappa shape index (κ2) is 6.70. The van der Waals surface area contributed by atoms with Gasteiger partial charge < -0.3 is 9.64 Å². The number of aromatic nitrogens is 2. The van der Waals surface area contributed by atoms with Gasteiger partial charge in [0.2, 0.25) is 0 Å². The Morgan fingerprint density at radius 1 is 1.27 bits per heavy atom. The Kier molecular flexibility index (Phi) is 4.72. The highest BCUT2D eigenvalue weighted by Crippen LogP contribution is 2.17. The molecule has 0 saturated heterocycles. The first-order chi connectivity index (χ1) is 10.5. The van der Waals surface area contributed by atoms with Crippen molar-refractivity contribution in [2.24, 2.45) is 4.99 Å². The van der Waals surface area contributed by atoms with Crippen molar-refractivity contribution in [2.75, 3.05) is 14.1 Å². The molecule has 0 aliphatic carbocycles. The van der Waals surface area contributed by atoms with Gasteiger partial charge in [0.25, 0.3) is 0 Å². The van der Waals surface area contributed by atoms with Gasteiger partial charge in [-0.15, -0.1) is 0 Å². The largest absolute Gasteiger partial charge is 0.387 e. The van der Waals surface area contributed by atoms with E-state index in [9.17, 15) is 13.6 Å². The van der Waals surface area contributed by atoms with Crippen LogP contribution in [0.15, 0.2) is 35.5 Å². The van der Waals surface area contributed by atoms with Gasteiger partial charge >= 0.3 is 12.0 Å². The van der Waals surface area contributed by atoms with Gasteiger partial charge in [0, 0.05) is 14.1 Å². The monoisotopic (exact) mass is 306 g/mol. The number of esters is 1. The van der Waals surface area contributed by atoms with E-state index in [0.717, 1.165) is 12.3 Å². The molecular weight excluding hydrogens is 294 g/mol. The molecule has 6 nitrogen and oxygen atoms in total. The third-order valence-corrected chi connectivity index (χ3v) is 2.39. The molecule has 0 saturated carbocycles. The zero-order valence-corrected chi connectivity index (χ0v) is 11.8. The van der Waals surface area contributed by atoms with Gasteiger partial charge in [-0.2, -0.15) is 4.98 Å². The van der Waals surface area contributed by atoms with Crippen LogP contribution in [-0.4, -0.2) is 41.3 Å². The van der Waals surface area contributed by atoms with Gasteiger partial charge in [0.15, 0.2) is 11.6 Å². The maximum absolute atomic E-state index is 13.5. The van der Waals surface area contributed by atoms with Crippen LogP contribution < -0.4 is 4.74 Å². The van der Waals surface area contributed by atoms with Crippen LogP contribution in [0.1, 0.15) is 10.4 Å². The molecule has 1 aromatic heterocycles. The Morgan fingerprint density at radius 3 is 2.68 bits per heavy atom. The summed E-state index contributed by atoms with van der Waals surface area (Å²) in [7, 11) is 3.39. The second-order valence-corrected chi connectivity index (χ2v) is 4.40. The number of halogens is 2. The van der Waals surface area contributed by atoms with E-state index < -0.39 is 23.6 Å². The zero-order valence-electron chi connectivity index (χ0n) is 11.8. The van der Waals surface area contributed by atoms with Crippen molar-refractivity contribution >= 4 is 18.1 Å². The van der Waals surface area contributed by atoms with Crippen LogP contribution >= 0.6 is 0 Å². The SMILES string of the molecule is CN(C)/C=N/c1nc(OC(=O)c2ccccc2F)ncc1F. The molecule has 0 spiro atoms. The maximum atomic E-state index is 13.5. The first-order valence-corrected chi connectivity index (χ1v) is 6.17. The van der Waals surface area contributed by atoms with Crippen molar-refractivity contribution in [2.45, 2.75) is 0 Å². The van der Waals surface area contributed by atoms with Gasteiger partial charge in [0.1, 0.15) is 5.82 Å². The summed E-state index contributed by atoms with van der Waals surface area (Å²) in [5.41, 5.74) is -0.270. The van der Waals surface area contributed by atoms with Crippen LogP contribution in [0.5, 0.6) is 6.01 Å². The molecule has 0 fully saturated rings. The third kappa shape index (κ3) is 3.81. The van der Waals surface area contributed by atoms with E-state index in [1.54, 1.807) is 19.0 Å². The van der Waals surface area contributed by atoms with E-state index in [1.165, 1.54) is 24.5 Å². The summed E-state index contributed by atoms with van der Waals surface area (Å²) in [6.45, 7) is 0. The van der Waals surface area contributed by atoms with Crippen LogP contribution in [0.25, 0.3) is 0 Å². The maximum Gasteiger partial charge on any atom is 0.348 e. The Hall–Kier alpha value is -2.90. The van der Waals surface area contributed by atoms with Gasteiger partial charge in [-0.05, 0) is 12.1 Å². The summed E-state index contributed by atoms with van der Waals surface area (Å²) in [6, 6.07) is 4.88. The molecule has 1 aromatic carbocycles. The molecule has 0 aliphatic rings. The molecule has 0 atom stereocenters. The summed E-state index contributed by atoms with van der Waals surface area (Å²) in [5.74, 6) is -2.78. The number of carbonyl (C=O) groups is 1. The van der Waals surface area contributed by atoms with Gasteiger partial charge in [-0.25, -0.2) is 23.6 Å². The molecule has 114 valence electrons. The normalized spacial score (nSPS) is 10.7. The zero-order chi connectivity index (χ0) is 16.1. The molecule has 0 amide bonds. The molecule has 0 N–H and O–H groups in total. The van der Waals surface area contributed by atoms with E-state index in [1.807, 2.05) is 0 Å². The van der Waals surface area contributed by atoms with Crippen molar-refractivity contribution in [1.29, 1.82) is 0 Å². The number of benzene rings is 1. The topological polar surface area (TPSA) is 67.7 Å².